The minimum atomic E-state index is -3.54. The zero-order valence-corrected chi connectivity index (χ0v) is 15.1. The molecule has 0 aliphatic heterocycles. The minimum Gasteiger partial charge on any atom is -0.350 e. The van der Waals surface area contributed by atoms with Gasteiger partial charge in [-0.15, -0.1) is 0 Å². The Bertz CT molecular complexity index is 1120. The molecule has 0 unspecified atom stereocenters. The van der Waals surface area contributed by atoms with Crippen LogP contribution in [0.2, 0.25) is 5.02 Å². The van der Waals surface area contributed by atoms with Crippen LogP contribution in [0, 0.1) is 0 Å². The van der Waals surface area contributed by atoms with Gasteiger partial charge in [0.2, 0.25) is 0 Å². The predicted octanol–water partition coefficient (Wildman–Crippen LogP) is 2.39. The van der Waals surface area contributed by atoms with E-state index in [9.17, 15) is 18.0 Å². The van der Waals surface area contributed by atoms with Gasteiger partial charge in [-0.25, -0.2) is 8.42 Å². The number of hydrogen-bond acceptors (Lipinski definition) is 4. The molecule has 1 heterocycles. The summed E-state index contributed by atoms with van der Waals surface area (Å²) < 4.78 is 24.5. The second-order valence-electron chi connectivity index (χ2n) is 5.63. The van der Waals surface area contributed by atoms with Gasteiger partial charge < -0.3 is 10.3 Å². The number of rotatable bonds is 5. The molecule has 26 heavy (non-hydrogen) atoms. The fourth-order valence-electron chi connectivity index (χ4n) is 2.49. The molecule has 134 valence electrons. The van der Waals surface area contributed by atoms with E-state index >= 15 is 0 Å². The van der Waals surface area contributed by atoms with Crippen molar-refractivity contribution in [2.24, 2.45) is 0 Å². The van der Waals surface area contributed by atoms with Crippen molar-refractivity contribution in [1.29, 1.82) is 0 Å². The van der Waals surface area contributed by atoms with Crippen LogP contribution in [-0.4, -0.2) is 31.6 Å². The van der Waals surface area contributed by atoms with E-state index in [4.69, 9.17) is 11.6 Å². The first-order chi connectivity index (χ1) is 12.4. The van der Waals surface area contributed by atoms with E-state index in [1.165, 1.54) is 24.3 Å². The largest absolute Gasteiger partial charge is 0.350 e. The number of aromatic nitrogens is 1. The highest BCUT2D eigenvalue weighted by atomic mass is 35.5. The van der Waals surface area contributed by atoms with Crippen LogP contribution in [0.4, 0.5) is 0 Å². The molecule has 0 atom stereocenters. The van der Waals surface area contributed by atoms with Gasteiger partial charge in [0, 0.05) is 17.0 Å². The van der Waals surface area contributed by atoms with Crippen LogP contribution >= 0.6 is 11.6 Å². The molecule has 0 aliphatic rings. The second-order valence-corrected chi connectivity index (χ2v) is 8.17. The number of fused-ring (bicyclic) bond motifs is 1. The molecule has 1 aromatic heterocycles. The van der Waals surface area contributed by atoms with E-state index in [2.05, 4.69) is 10.3 Å². The van der Waals surface area contributed by atoms with Gasteiger partial charge in [-0.1, -0.05) is 29.8 Å². The Kier molecular flexibility index (Phi) is 5.11. The van der Waals surface area contributed by atoms with Gasteiger partial charge in [-0.05, 0) is 41.8 Å². The number of carbonyl (C=O) groups excluding carboxylic acids is 1. The second kappa shape index (κ2) is 7.31. The van der Waals surface area contributed by atoms with Crippen molar-refractivity contribution in [3.8, 4) is 0 Å². The predicted molar refractivity (Wildman–Crippen MR) is 100 cm³/mol. The highest BCUT2D eigenvalue weighted by Crippen LogP contribution is 2.15. The summed E-state index contributed by atoms with van der Waals surface area (Å²) in [5.41, 5.74) is -0.292. The van der Waals surface area contributed by atoms with Crippen LogP contribution in [0.1, 0.15) is 10.5 Å². The van der Waals surface area contributed by atoms with Gasteiger partial charge in [-0.2, -0.15) is 0 Å². The zero-order valence-electron chi connectivity index (χ0n) is 13.5. The number of halogens is 1. The smallest absolute Gasteiger partial charge is 0.267 e. The van der Waals surface area contributed by atoms with Crippen LogP contribution in [0.5, 0.6) is 0 Å². The molecule has 3 aromatic rings. The number of aromatic amines is 1. The van der Waals surface area contributed by atoms with E-state index in [0.717, 1.165) is 0 Å². The van der Waals surface area contributed by atoms with Gasteiger partial charge in [0.25, 0.3) is 11.5 Å². The van der Waals surface area contributed by atoms with Crippen molar-refractivity contribution < 1.29 is 13.2 Å². The van der Waals surface area contributed by atoms with Crippen molar-refractivity contribution in [1.82, 2.24) is 10.3 Å². The molecule has 0 aliphatic carbocycles. The number of pyridine rings is 1. The summed E-state index contributed by atoms with van der Waals surface area (Å²) in [5, 5.41) is 4.07. The molecule has 0 spiro atoms. The molecule has 6 nitrogen and oxygen atoms in total. The molecule has 0 saturated carbocycles. The van der Waals surface area contributed by atoms with Crippen LogP contribution in [0.3, 0.4) is 0 Å². The summed E-state index contributed by atoms with van der Waals surface area (Å²) in [6.45, 7) is -0.0847. The minimum absolute atomic E-state index is 0.0811. The summed E-state index contributed by atoms with van der Waals surface area (Å²) in [6, 6.07) is 14.3. The quantitative estimate of drug-likeness (QED) is 0.699. The number of hydrogen-bond donors (Lipinski definition) is 2. The van der Waals surface area contributed by atoms with E-state index < -0.39 is 15.7 Å². The molecule has 2 N–H and O–H groups in total. The van der Waals surface area contributed by atoms with Gasteiger partial charge in [-0.3, -0.25) is 9.59 Å². The molecule has 1 amide bonds. The third-order valence-electron chi connectivity index (χ3n) is 3.83. The van der Waals surface area contributed by atoms with Gasteiger partial charge >= 0.3 is 0 Å². The van der Waals surface area contributed by atoms with E-state index in [1.54, 1.807) is 30.3 Å². The lowest BCUT2D eigenvalue weighted by Crippen LogP contribution is -2.31. The van der Waals surface area contributed by atoms with Crippen molar-refractivity contribution in [2.75, 3.05) is 12.3 Å². The summed E-state index contributed by atoms with van der Waals surface area (Å²) >= 11 is 5.75. The lowest BCUT2D eigenvalue weighted by Gasteiger charge is -2.07. The van der Waals surface area contributed by atoms with Gasteiger partial charge in [0.05, 0.1) is 10.6 Å². The Balaban J connectivity index is 1.69. The first kappa shape index (κ1) is 18.2. The Labute approximate surface area is 154 Å². The van der Waals surface area contributed by atoms with Crippen molar-refractivity contribution >= 4 is 38.1 Å². The number of benzene rings is 2. The number of nitrogens with one attached hydrogen (secondary N) is 2. The number of carbonyl (C=O) groups is 1. The third kappa shape index (κ3) is 3.95. The molecule has 8 heteroatoms. The number of H-pyrrole nitrogens is 1. The molecular formula is C18H15ClN2O4S. The fourth-order valence-corrected chi connectivity index (χ4v) is 3.77. The summed E-state index contributed by atoms with van der Waals surface area (Å²) in [5.74, 6) is -0.808. The Morgan fingerprint density at radius 3 is 2.50 bits per heavy atom. The van der Waals surface area contributed by atoms with Gasteiger partial charge in [0.1, 0.15) is 5.69 Å². The van der Waals surface area contributed by atoms with Crippen molar-refractivity contribution in [3.05, 3.63) is 75.7 Å². The number of sulfone groups is 1. The lowest BCUT2D eigenvalue weighted by atomic mass is 10.1. The standard InChI is InChI=1S/C18H15ClN2O4S/c19-13-5-7-14(8-6-13)26(24,25)10-9-20-18(23)16-11-12-3-1-2-4-15(12)17(22)21-16/h1-8,11H,9-10H2,(H,20,23)(H,21,22). The molecule has 0 saturated heterocycles. The fraction of sp³-hybridized carbons (Fsp3) is 0.111. The van der Waals surface area contributed by atoms with Crippen LogP contribution < -0.4 is 10.9 Å². The van der Waals surface area contributed by atoms with Gasteiger partial charge in [0.15, 0.2) is 9.84 Å². The maximum absolute atomic E-state index is 12.2. The zero-order chi connectivity index (χ0) is 18.7. The highest BCUT2D eigenvalue weighted by molar-refractivity contribution is 7.91. The molecule has 2 aromatic carbocycles. The maximum atomic E-state index is 12.2. The summed E-state index contributed by atoms with van der Waals surface area (Å²) in [7, 11) is -3.54. The van der Waals surface area contributed by atoms with E-state index in [1.807, 2.05) is 0 Å². The highest BCUT2D eigenvalue weighted by Gasteiger charge is 2.15. The monoisotopic (exact) mass is 390 g/mol. The van der Waals surface area contributed by atoms with Crippen LogP contribution in [0.25, 0.3) is 10.8 Å². The normalized spacial score (nSPS) is 11.4. The topological polar surface area (TPSA) is 96.1 Å². The molecule has 0 radical (unpaired) electrons. The summed E-state index contributed by atoms with van der Waals surface area (Å²) in [4.78, 5) is 26.9. The average molecular weight is 391 g/mol. The molecule has 0 fully saturated rings. The Morgan fingerprint density at radius 2 is 1.77 bits per heavy atom. The number of amides is 1. The summed E-state index contributed by atoms with van der Waals surface area (Å²) in [6.07, 6.45) is 0. The van der Waals surface area contributed by atoms with Crippen LogP contribution in [-0.2, 0) is 9.84 Å². The first-order valence-corrected chi connectivity index (χ1v) is 9.78. The molecule has 0 bridgehead atoms. The van der Waals surface area contributed by atoms with E-state index in [0.29, 0.717) is 15.8 Å². The average Bonchev–Trinajstić information content (AvgIpc) is 2.62. The van der Waals surface area contributed by atoms with Crippen molar-refractivity contribution in [3.63, 3.8) is 0 Å². The maximum Gasteiger partial charge on any atom is 0.267 e. The SMILES string of the molecule is O=C(NCCS(=O)(=O)c1ccc(Cl)cc1)c1cc2ccccc2c(=O)[nH]1. The van der Waals surface area contributed by atoms with Crippen LogP contribution in [0.15, 0.2) is 64.3 Å². The third-order valence-corrected chi connectivity index (χ3v) is 5.81. The lowest BCUT2D eigenvalue weighted by molar-refractivity contribution is 0.0951. The molecule has 3 rings (SSSR count). The Hall–Kier alpha value is -2.64. The Morgan fingerprint density at radius 1 is 1.08 bits per heavy atom. The van der Waals surface area contributed by atoms with Crippen molar-refractivity contribution in [2.45, 2.75) is 4.90 Å². The molecular weight excluding hydrogens is 376 g/mol. The van der Waals surface area contributed by atoms with E-state index in [-0.39, 0.29) is 28.4 Å². The first-order valence-electron chi connectivity index (χ1n) is 7.75.